The van der Waals surface area contributed by atoms with Gasteiger partial charge in [-0.25, -0.2) is 9.97 Å². The molecule has 0 unspecified atom stereocenters. The summed E-state index contributed by atoms with van der Waals surface area (Å²) in [5.41, 5.74) is 2.36. The number of fused-ring (bicyclic) bond motifs is 1. The Bertz CT molecular complexity index is 467. The minimum Gasteiger partial charge on any atom is -0.236 e. The predicted octanol–water partition coefficient (Wildman–Crippen LogP) is 4.81. The summed E-state index contributed by atoms with van der Waals surface area (Å²) in [4.78, 5) is 9.37. The minimum atomic E-state index is 0.531. The van der Waals surface area contributed by atoms with Crippen molar-refractivity contribution < 1.29 is 0 Å². The van der Waals surface area contributed by atoms with Crippen molar-refractivity contribution in [2.45, 2.75) is 57.0 Å². The Morgan fingerprint density at radius 1 is 1.11 bits per heavy atom. The Morgan fingerprint density at radius 2 is 1.84 bits per heavy atom. The van der Waals surface area contributed by atoms with Crippen molar-refractivity contribution in [1.29, 1.82) is 0 Å². The van der Waals surface area contributed by atoms with Crippen LogP contribution < -0.4 is 0 Å². The number of nitrogens with zero attached hydrogens (tertiary/aromatic N) is 2. The molecule has 1 aromatic rings. The van der Waals surface area contributed by atoms with Gasteiger partial charge < -0.3 is 0 Å². The van der Waals surface area contributed by atoms with Gasteiger partial charge in [-0.15, -0.1) is 0 Å². The van der Waals surface area contributed by atoms with Gasteiger partial charge in [0, 0.05) is 23.0 Å². The Hall–Kier alpha value is -0.280. The Kier molecular flexibility index (Phi) is 4.04. The number of thioether (sulfide) groups is 1. The third-order valence-corrected chi connectivity index (χ3v) is 5.91. The lowest BCUT2D eigenvalue weighted by Gasteiger charge is -2.30. The van der Waals surface area contributed by atoms with Crippen molar-refractivity contribution >= 4 is 23.4 Å². The molecule has 2 aliphatic rings. The van der Waals surface area contributed by atoms with E-state index in [1.165, 1.54) is 36.9 Å². The molecule has 0 radical (unpaired) electrons. The molecule has 104 valence electrons. The highest BCUT2D eigenvalue weighted by Crippen LogP contribution is 2.39. The maximum Gasteiger partial charge on any atom is 0.137 e. The van der Waals surface area contributed by atoms with E-state index in [1.807, 2.05) is 11.8 Å². The van der Waals surface area contributed by atoms with Crippen LogP contribution in [0, 0.1) is 11.8 Å². The predicted molar refractivity (Wildman–Crippen MR) is 81.6 cm³/mol. The standard InChI is InChI=1S/C15H21ClN2S/c1-9(2)10-3-5-11(6-4-10)15-17-13-8-19-7-12(13)14(16)18-15/h9-11H,3-8H2,1-2H3. The molecule has 4 heteroatoms. The molecule has 0 bridgehead atoms. The topological polar surface area (TPSA) is 25.8 Å². The molecule has 0 aromatic carbocycles. The first-order valence-electron chi connectivity index (χ1n) is 7.28. The van der Waals surface area contributed by atoms with E-state index in [-0.39, 0.29) is 0 Å². The molecule has 1 aromatic heterocycles. The van der Waals surface area contributed by atoms with E-state index < -0.39 is 0 Å². The van der Waals surface area contributed by atoms with E-state index in [0.717, 1.165) is 29.2 Å². The van der Waals surface area contributed by atoms with E-state index in [4.69, 9.17) is 16.6 Å². The van der Waals surface area contributed by atoms with Crippen LogP contribution in [0.5, 0.6) is 0 Å². The highest BCUT2D eigenvalue weighted by Gasteiger charge is 2.28. The van der Waals surface area contributed by atoms with Gasteiger partial charge in [0.1, 0.15) is 11.0 Å². The Balaban J connectivity index is 1.75. The molecule has 2 heterocycles. The monoisotopic (exact) mass is 296 g/mol. The normalized spacial score (nSPS) is 26.7. The average Bonchev–Trinajstić information content (AvgIpc) is 2.87. The fourth-order valence-electron chi connectivity index (χ4n) is 3.26. The number of halogens is 1. The summed E-state index contributed by atoms with van der Waals surface area (Å²) in [6.45, 7) is 4.68. The molecule has 0 spiro atoms. The molecule has 1 saturated carbocycles. The number of hydrogen-bond acceptors (Lipinski definition) is 3. The van der Waals surface area contributed by atoms with E-state index in [2.05, 4.69) is 18.8 Å². The van der Waals surface area contributed by atoms with Crippen LogP contribution in [0.1, 0.15) is 62.5 Å². The van der Waals surface area contributed by atoms with Crippen molar-refractivity contribution in [2.24, 2.45) is 11.8 Å². The zero-order valence-electron chi connectivity index (χ0n) is 11.7. The summed E-state index contributed by atoms with van der Waals surface area (Å²) >= 11 is 8.20. The molecule has 1 aliphatic carbocycles. The quantitative estimate of drug-likeness (QED) is 0.733. The molecule has 0 N–H and O–H groups in total. The molecule has 1 aliphatic heterocycles. The first-order valence-corrected chi connectivity index (χ1v) is 8.81. The van der Waals surface area contributed by atoms with Crippen LogP contribution in [-0.4, -0.2) is 9.97 Å². The molecule has 19 heavy (non-hydrogen) atoms. The van der Waals surface area contributed by atoms with Crippen molar-refractivity contribution in [1.82, 2.24) is 9.97 Å². The van der Waals surface area contributed by atoms with Crippen LogP contribution in [0.25, 0.3) is 0 Å². The van der Waals surface area contributed by atoms with Gasteiger partial charge in [-0.05, 0) is 37.5 Å². The second-order valence-corrected chi connectivity index (χ2v) is 7.49. The summed E-state index contributed by atoms with van der Waals surface area (Å²) in [7, 11) is 0. The number of hydrogen-bond donors (Lipinski definition) is 0. The van der Waals surface area contributed by atoms with E-state index in [0.29, 0.717) is 11.1 Å². The van der Waals surface area contributed by atoms with Crippen LogP contribution in [-0.2, 0) is 11.5 Å². The highest BCUT2D eigenvalue weighted by atomic mass is 35.5. The molecular formula is C15H21ClN2S. The zero-order chi connectivity index (χ0) is 13.4. The maximum absolute atomic E-state index is 6.31. The zero-order valence-corrected chi connectivity index (χ0v) is 13.2. The van der Waals surface area contributed by atoms with Gasteiger partial charge in [0.25, 0.3) is 0 Å². The second kappa shape index (κ2) is 5.61. The summed E-state index contributed by atoms with van der Waals surface area (Å²) in [6, 6.07) is 0. The molecule has 2 nitrogen and oxygen atoms in total. The van der Waals surface area contributed by atoms with Gasteiger partial charge in [-0.3, -0.25) is 0 Å². The Labute approximate surface area is 124 Å². The number of rotatable bonds is 2. The second-order valence-electron chi connectivity index (χ2n) is 6.15. The lowest BCUT2D eigenvalue weighted by molar-refractivity contribution is 0.254. The van der Waals surface area contributed by atoms with Crippen molar-refractivity contribution in [2.75, 3.05) is 0 Å². The van der Waals surface area contributed by atoms with Crippen LogP contribution >= 0.6 is 23.4 Å². The third kappa shape index (κ3) is 2.78. The van der Waals surface area contributed by atoms with Crippen molar-refractivity contribution in [3.8, 4) is 0 Å². The lowest BCUT2D eigenvalue weighted by Crippen LogP contribution is -2.19. The third-order valence-electron chi connectivity index (χ3n) is 4.62. The Morgan fingerprint density at radius 3 is 2.53 bits per heavy atom. The largest absolute Gasteiger partial charge is 0.236 e. The molecular weight excluding hydrogens is 276 g/mol. The average molecular weight is 297 g/mol. The first kappa shape index (κ1) is 13.7. The van der Waals surface area contributed by atoms with Crippen LogP contribution in [0.2, 0.25) is 5.15 Å². The summed E-state index contributed by atoms with van der Waals surface area (Å²) in [5, 5.41) is 0.705. The highest BCUT2D eigenvalue weighted by molar-refractivity contribution is 7.98. The van der Waals surface area contributed by atoms with Crippen LogP contribution in [0.4, 0.5) is 0 Å². The smallest absolute Gasteiger partial charge is 0.137 e. The fourth-order valence-corrected chi connectivity index (χ4v) is 4.64. The van der Waals surface area contributed by atoms with Crippen molar-refractivity contribution in [3.63, 3.8) is 0 Å². The van der Waals surface area contributed by atoms with Gasteiger partial charge in [-0.1, -0.05) is 25.4 Å². The van der Waals surface area contributed by atoms with Gasteiger partial charge in [0.05, 0.1) is 5.69 Å². The lowest BCUT2D eigenvalue weighted by atomic mass is 9.76. The van der Waals surface area contributed by atoms with Gasteiger partial charge in [0.2, 0.25) is 0 Å². The molecule has 3 rings (SSSR count). The maximum atomic E-state index is 6.31. The molecule has 0 saturated heterocycles. The summed E-state index contributed by atoms with van der Waals surface area (Å²) < 4.78 is 0. The molecule has 1 fully saturated rings. The summed E-state index contributed by atoms with van der Waals surface area (Å²) in [6.07, 6.45) is 5.08. The minimum absolute atomic E-state index is 0.531. The summed E-state index contributed by atoms with van der Waals surface area (Å²) in [5.74, 6) is 5.22. The van der Waals surface area contributed by atoms with Gasteiger partial charge in [0.15, 0.2) is 0 Å². The van der Waals surface area contributed by atoms with Crippen molar-refractivity contribution in [3.05, 3.63) is 22.2 Å². The molecule has 0 amide bonds. The van der Waals surface area contributed by atoms with Crippen LogP contribution in [0.3, 0.4) is 0 Å². The molecule has 0 atom stereocenters. The van der Waals surface area contributed by atoms with E-state index in [1.54, 1.807) is 0 Å². The fraction of sp³-hybridized carbons (Fsp3) is 0.733. The van der Waals surface area contributed by atoms with E-state index >= 15 is 0 Å². The SMILES string of the molecule is CC(C)C1CCC(c2nc(Cl)c3c(n2)CSC3)CC1. The van der Waals surface area contributed by atoms with Gasteiger partial charge >= 0.3 is 0 Å². The van der Waals surface area contributed by atoms with Crippen LogP contribution in [0.15, 0.2) is 0 Å². The first-order chi connectivity index (χ1) is 9.15. The van der Waals surface area contributed by atoms with E-state index in [9.17, 15) is 0 Å². The van der Waals surface area contributed by atoms with Gasteiger partial charge in [-0.2, -0.15) is 11.8 Å². The number of aromatic nitrogens is 2.